The van der Waals surface area contributed by atoms with Gasteiger partial charge in [-0.05, 0) is 78.2 Å². The molecule has 1 N–H and O–H groups in total. The molecule has 0 bridgehead atoms. The Bertz CT molecular complexity index is 1050. The third-order valence-electron chi connectivity index (χ3n) is 4.89. The Labute approximate surface area is 185 Å². The standard InChI is InChI=1S/C23H24N2O5S/c1-14-10-19(30-4)15(2)9-17(14)11-20-22(27)25(23(28)31-20)13-21(26)24-12-16-5-7-18(29-3)8-6-16/h5-11H,12-13H2,1-4H3,(H,24,26)/b20-11-. The maximum absolute atomic E-state index is 12.7. The van der Waals surface area contributed by atoms with Crippen molar-refractivity contribution < 1.29 is 23.9 Å². The second kappa shape index (κ2) is 9.70. The van der Waals surface area contributed by atoms with Crippen molar-refractivity contribution in [2.45, 2.75) is 20.4 Å². The van der Waals surface area contributed by atoms with Gasteiger partial charge in [-0.3, -0.25) is 19.3 Å². The van der Waals surface area contributed by atoms with Gasteiger partial charge in [-0.1, -0.05) is 12.1 Å². The average molecular weight is 441 g/mol. The number of hydrogen-bond donors (Lipinski definition) is 1. The monoisotopic (exact) mass is 440 g/mol. The smallest absolute Gasteiger partial charge is 0.294 e. The van der Waals surface area contributed by atoms with Crippen molar-refractivity contribution >= 4 is 34.9 Å². The van der Waals surface area contributed by atoms with Gasteiger partial charge in [-0.2, -0.15) is 0 Å². The number of rotatable bonds is 7. The number of imide groups is 1. The molecule has 0 saturated carbocycles. The Morgan fingerprint density at radius 3 is 2.42 bits per heavy atom. The van der Waals surface area contributed by atoms with Crippen LogP contribution in [0.1, 0.15) is 22.3 Å². The molecular formula is C23H24N2O5S. The number of ether oxygens (including phenoxy) is 2. The lowest BCUT2D eigenvalue weighted by Crippen LogP contribution is -2.39. The van der Waals surface area contributed by atoms with Crippen molar-refractivity contribution in [2.75, 3.05) is 20.8 Å². The molecule has 3 amide bonds. The van der Waals surface area contributed by atoms with Crippen molar-refractivity contribution in [2.24, 2.45) is 0 Å². The second-order valence-corrected chi connectivity index (χ2v) is 8.06. The summed E-state index contributed by atoms with van der Waals surface area (Å²) >= 11 is 0.835. The van der Waals surface area contributed by atoms with Gasteiger partial charge in [0.2, 0.25) is 5.91 Å². The van der Waals surface area contributed by atoms with E-state index in [1.807, 2.05) is 38.1 Å². The summed E-state index contributed by atoms with van der Waals surface area (Å²) in [4.78, 5) is 38.6. The summed E-state index contributed by atoms with van der Waals surface area (Å²) in [6.07, 6.45) is 1.68. The van der Waals surface area contributed by atoms with Crippen LogP contribution < -0.4 is 14.8 Å². The third-order valence-corrected chi connectivity index (χ3v) is 5.80. The number of aryl methyl sites for hydroxylation is 2. The number of benzene rings is 2. The maximum atomic E-state index is 12.7. The first kappa shape index (κ1) is 22.4. The van der Waals surface area contributed by atoms with Crippen LogP contribution in [0.3, 0.4) is 0 Å². The van der Waals surface area contributed by atoms with E-state index < -0.39 is 17.1 Å². The summed E-state index contributed by atoms with van der Waals surface area (Å²) in [7, 11) is 3.19. The first-order valence-electron chi connectivity index (χ1n) is 9.62. The molecule has 1 heterocycles. The number of methoxy groups -OCH3 is 2. The second-order valence-electron chi connectivity index (χ2n) is 7.07. The summed E-state index contributed by atoms with van der Waals surface area (Å²) in [5, 5.41) is 2.27. The zero-order chi connectivity index (χ0) is 22.5. The molecule has 31 heavy (non-hydrogen) atoms. The van der Waals surface area contributed by atoms with Crippen molar-refractivity contribution in [1.29, 1.82) is 0 Å². The molecule has 0 spiro atoms. The Kier molecular flexibility index (Phi) is 7.02. The van der Waals surface area contributed by atoms with Crippen molar-refractivity contribution in [1.82, 2.24) is 10.2 Å². The predicted octanol–water partition coefficient (Wildman–Crippen LogP) is 3.67. The van der Waals surface area contributed by atoms with E-state index in [-0.39, 0.29) is 6.54 Å². The summed E-state index contributed by atoms with van der Waals surface area (Å²) in [6, 6.07) is 11.1. The number of carbonyl (C=O) groups excluding carboxylic acids is 3. The average Bonchev–Trinajstić information content (AvgIpc) is 3.02. The molecular weight excluding hydrogens is 416 g/mol. The summed E-state index contributed by atoms with van der Waals surface area (Å²) in [5.74, 6) is 0.608. The topological polar surface area (TPSA) is 84.9 Å². The SMILES string of the molecule is COc1ccc(CNC(=O)CN2C(=O)S/C(=C\c3cc(C)c(OC)cc3C)C2=O)cc1. The van der Waals surface area contributed by atoms with Crippen LogP contribution in [0, 0.1) is 13.8 Å². The molecule has 0 atom stereocenters. The van der Waals surface area contributed by atoms with Gasteiger partial charge in [0, 0.05) is 6.54 Å². The normalized spacial score (nSPS) is 14.8. The minimum atomic E-state index is -0.470. The number of amides is 3. The highest BCUT2D eigenvalue weighted by Gasteiger charge is 2.36. The molecule has 8 heteroatoms. The lowest BCUT2D eigenvalue weighted by Gasteiger charge is -2.13. The van der Waals surface area contributed by atoms with Crippen LogP contribution >= 0.6 is 11.8 Å². The fraction of sp³-hybridized carbons (Fsp3) is 0.261. The number of hydrogen-bond acceptors (Lipinski definition) is 6. The Morgan fingerprint density at radius 2 is 1.77 bits per heavy atom. The van der Waals surface area contributed by atoms with Gasteiger partial charge in [0.15, 0.2) is 0 Å². The van der Waals surface area contributed by atoms with Crippen molar-refractivity contribution in [3.8, 4) is 11.5 Å². The quantitative estimate of drug-likeness (QED) is 0.662. The van der Waals surface area contributed by atoms with Crippen LogP contribution in [0.15, 0.2) is 41.3 Å². The number of carbonyl (C=O) groups is 3. The Hall–Kier alpha value is -3.26. The van der Waals surface area contributed by atoms with Gasteiger partial charge in [0.1, 0.15) is 18.0 Å². The fourth-order valence-electron chi connectivity index (χ4n) is 3.11. The molecule has 0 unspecified atom stereocenters. The number of nitrogens with one attached hydrogen (secondary N) is 1. The zero-order valence-corrected chi connectivity index (χ0v) is 18.7. The molecule has 0 aliphatic carbocycles. The van der Waals surface area contributed by atoms with Gasteiger partial charge in [0.25, 0.3) is 11.1 Å². The fourth-order valence-corrected chi connectivity index (χ4v) is 3.94. The van der Waals surface area contributed by atoms with Gasteiger partial charge >= 0.3 is 0 Å². The van der Waals surface area contributed by atoms with E-state index in [0.29, 0.717) is 11.4 Å². The van der Waals surface area contributed by atoms with E-state index in [1.165, 1.54) is 0 Å². The largest absolute Gasteiger partial charge is 0.497 e. The minimum Gasteiger partial charge on any atom is -0.497 e. The van der Waals surface area contributed by atoms with Gasteiger partial charge in [-0.15, -0.1) is 0 Å². The summed E-state index contributed by atoms with van der Waals surface area (Å²) in [6.45, 7) is 3.79. The van der Waals surface area contributed by atoms with Gasteiger partial charge in [-0.25, -0.2) is 0 Å². The Balaban J connectivity index is 1.65. The third kappa shape index (κ3) is 5.27. The number of thioether (sulfide) groups is 1. The molecule has 0 radical (unpaired) electrons. The van der Waals surface area contributed by atoms with Crippen molar-refractivity contribution in [3.63, 3.8) is 0 Å². The zero-order valence-electron chi connectivity index (χ0n) is 17.9. The molecule has 1 fully saturated rings. The van der Waals surface area contributed by atoms with E-state index >= 15 is 0 Å². The lowest BCUT2D eigenvalue weighted by molar-refractivity contribution is -0.129. The maximum Gasteiger partial charge on any atom is 0.294 e. The van der Waals surface area contributed by atoms with Crippen molar-refractivity contribution in [3.05, 3.63) is 63.6 Å². The van der Waals surface area contributed by atoms with Crippen LogP contribution in [-0.4, -0.2) is 42.7 Å². The number of nitrogens with zero attached hydrogens (tertiary/aromatic N) is 1. The van der Waals surface area contributed by atoms with E-state index in [1.54, 1.807) is 32.4 Å². The van der Waals surface area contributed by atoms with E-state index in [9.17, 15) is 14.4 Å². The molecule has 1 saturated heterocycles. The van der Waals surface area contributed by atoms with Crippen LogP contribution in [0.5, 0.6) is 11.5 Å². The summed E-state index contributed by atoms with van der Waals surface area (Å²) in [5.41, 5.74) is 3.56. The highest BCUT2D eigenvalue weighted by molar-refractivity contribution is 8.18. The molecule has 2 aromatic carbocycles. The molecule has 7 nitrogen and oxygen atoms in total. The molecule has 162 valence electrons. The molecule has 0 aromatic heterocycles. The molecule has 3 rings (SSSR count). The minimum absolute atomic E-state index is 0.291. The van der Waals surface area contributed by atoms with E-state index in [2.05, 4.69) is 5.32 Å². The molecule has 1 aliphatic rings. The first-order valence-corrected chi connectivity index (χ1v) is 10.4. The molecule has 1 aliphatic heterocycles. The lowest BCUT2D eigenvalue weighted by atomic mass is 10.0. The van der Waals surface area contributed by atoms with Crippen LogP contribution in [0.4, 0.5) is 4.79 Å². The summed E-state index contributed by atoms with van der Waals surface area (Å²) < 4.78 is 10.4. The van der Waals surface area contributed by atoms with Crippen LogP contribution in [0.2, 0.25) is 0 Å². The van der Waals surface area contributed by atoms with E-state index in [0.717, 1.165) is 50.4 Å². The highest BCUT2D eigenvalue weighted by atomic mass is 32.2. The predicted molar refractivity (Wildman–Crippen MR) is 120 cm³/mol. The first-order chi connectivity index (χ1) is 14.8. The van der Waals surface area contributed by atoms with Gasteiger partial charge in [0.05, 0.1) is 19.1 Å². The van der Waals surface area contributed by atoms with Gasteiger partial charge < -0.3 is 14.8 Å². The molecule has 2 aromatic rings. The van der Waals surface area contributed by atoms with Crippen LogP contribution in [-0.2, 0) is 16.1 Å². The Morgan fingerprint density at radius 1 is 1.06 bits per heavy atom. The van der Waals surface area contributed by atoms with Crippen LogP contribution in [0.25, 0.3) is 6.08 Å². The highest BCUT2D eigenvalue weighted by Crippen LogP contribution is 2.33. The van der Waals surface area contributed by atoms with E-state index in [4.69, 9.17) is 9.47 Å².